The van der Waals surface area contributed by atoms with Crippen molar-refractivity contribution in [2.45, 2.75) is 39.2 Å². The van der Waals surface area contributed by atoms with Gasteiger partial charge in [-0.05, 0) is 33.2 Å². The van der Waals surface area contributed by atoms with Crippen LogP contribution in [-0.4, -0.2) is 42.7 Å². The lowest BCUT2D eigenvalue weighted by Gasteiger charge is -2.40. The van der Waals surface area contributed by atoms with Gasteiger partial charge in [0.1, 0.15) is 6.04 Å². The Labute approximate surface area is 134 Å². The summed E-state index contributed by atoms with van der Waals surface area (Å²) in [6.07, 6.45) is 1.77. The monoisotopic (exact) mass is 326 g/mol. The van der Waals surface area contributed by atoms with Crippen LogP contribution in [0.1, 0.15) is 32.4 Å². The number of aromatic nitrogens is 1. The average molecular weight is 326 g/mol. The fourth-order valence-electron chi connectivity index (χ4n) is 2.93. The summed E-state index contributed by atoms with van der Waals surface area (Å²) in [4.78, 5) is 29.3. The fraction of sp³-hybridized carbons (Fsp3) is 0.667. The van der Waals surface area contributed by atoms with Crippen LogP contribution in [0.25, 0.3) is 0 Å². The first-order valence-corrected chi connectivity index (χ1v) is 8.52. The molecule has 0 bridgehead atoms. The van der Waals surface area contributed by atoms with E-state index in [2.05, 4.69) is 10.3 Å². The molecule has 0 radical (unpaired) electrons. The summed E-state index contributed by atoms with van der Waals surface area (Å²) in [6.45, 7) is 4.78. The fourth-order valence-corrected chi connectivity index (χ4v) is 3.49. The van der Waals surface area contributed by atoms with Crippen molar-refractivity contribution >= 4 is 23.3 Å². The molecule has 2 unspecified atom stereocenters. The molecule has 1 N–H and O–H groups in total. The summed E-state index contributed by atoms with van der Waals surface area (Å²) in [6, 6.07) is -0.693. The van der Waals surface area contributed by atoms with Gasteiger partial charge in [0.25, 0.3) is 0 Å². The van der Waals surface area contributed by atoms with E-state index in [9.17, 15) is 9.59 Å². The van der Waals surface area contributed by atoms with E-state index in [1.54, 1.807) is 19.4 Å². The minimum absolute atomic E-state index is 0.284. The third kappa shape index (κ3) is 3.47. The van der Waals surface area contributed by atoms with Gasteiger partial charge in [0, 0.05) is 11.8 Å². The predicted octanol–water partition coefficient (Wildman–Crippen LogP) is 1.55. The van der Waals surface area contributed by atoms with Crippen LogP contribution in [0, 0.1) is 5.41 Å². The summed E-state index contributed by atoms with van der Waals surface area (Å²) in [7, 11) is 0. The molecule has 6 nitrogen and oxygen atoms in total. The van der Waals surface area contributed by atoms with Gasteiger partial charge in [-0.3, -0.25) is 9.59 Å². The molecule has 1 aromatic rings. The summed E-state index contributed by atoms with van der Waals surface area (Å²) in [5.41, 5.74) is 1.58. The number of esters is 2. The summed E-state index contributed by atoms with van der Waals surface area (Å²) in [5.74, 6) is -0.751. The first-order chi connectivity index (χ1) is 10.6. The van der Waals surface area contributed by atoms with Gasteiger partial charge < -0.3 is 14.8 Å². The Morgan fingerprint density at radius 1 is 1.41 bits per heavy atom. The molecule has 1 saturated heterocycles. The van der Waals surface area contributed by atoms with Crippen molar-refractivity contribution < 1.29 is 19.1 Å². The maximum atomic E-state index is 12.7. The number of ether oxygens (including phenoxy) is 2. The van der Waals surface area contributed by atoms with Gasteiger partial charge in [-0.1, -0.05) is 0 Å². The molecular formula is C15H22N2O4S. The second-order valence-corrected chi connectivity index (χ2v) is 5.99. The van der Waals surface area contributed by atoms with Gasteiger partial charge in [-0.25, -0.2) is 4.98 Å². The molecule has 0 amide bonds. The van der Waals surface area contributed by atoms with Crippen LogP contribution in [0.4, 0.5) is 0 Å². The molecule has 22 heavy (non-hydrogen) atoms. The molecule has 0 aliphatic carbocycles. The van der Waals surface area contributed by atoms with E-state index in [4.69, 9.17) is 9.47 Å². The molecule has 122 valence electrons. The Morgan fingerprint density at radius 2 is 2.18 bits per heavy atom. The normalized spacial score (nSPS) is 24.7. The molecule has 0 spiro atoms. The van der Waals surface area contributed by atoms with Crippen molar-refractivity contribution in [2.75, 3.05) is 19.8 Å². The second kappa shape index (κ2) is 7.69. The lowest BCUT2D eigenvalue weighted by molar-refractivity contribution is -0.168. The van der Waals surface area contributed by atoms with E-state index in [0.29, 0.717) is 19.4 Å². The molecule has 2 rings (SSSR count). The topological polar surface area (TPSA) is 77.5 Å². The van der Waals surface area contributed by atoms with Crippen LogP contribution in [0.5, 0.6) is 0 Å². The molecule has 1 aliphatic rings. The summed E-state index contributed by atoms with van der Waals surface area (Å²) >= 11 is 1.47. The Bertz CT molecular complexity index is 506. The van der Waals surface area contributed by atoms with Gasteiger partial charge in [-0.2, -0.15) is 0 Å². The number of carbonyl (C=O) groups excluding carboxylic acids is 2. The van der Waals surface area contributed by atoms with E-state index in [1.165, 1.54) is 11.3 Å². The highest BCUT2D eigenvalue weighted by atomic mass is 32.1. The average Bonchev–Trinajstić information content (AvgIpc) is 3.01. The number of piperidine rings is 1. The van der Waals surface area contributed by atoms with Gasteiger partial charge in [0.05, 0.1) is 29.8 Å². The lowest BCUT2D eigenvalue weighted by atomic mass is 9.70. The highest BCUT2D eigenvalue weighted by molar-refractivity contribution is 7.07. The Hall–Kier alpha value is -1.47. The van der Waals surface area contributed by atoms with Crippen molar-refractivity contribution in [3.63, 3.8) is 0 Å². The van der Waals surface area contributed by atoms with Crippen molar-refractivity contribution in [1.82, 2.24) is 10.3 Å². The SMILES string of the molecule is CCOC(=O)C1NCCCC1(Cc1cscn1)C(=O)OCC. The first-order valence-electron chi connectivity index (χ1n) is 7.58. The standard InChI is InChI=1S/C15H22N2O4S/c1-3-20-13(18)12-15(6-5-7-16-12,14(19)21-4-2)8-11-9-22-10-17-11/h9-10,12,16H,3-8H2,1-2H3. The maximum Gasteiger partial charge on any atom is 0.324 e. The molecule has 1 aromatic heterocycles. The molecule has 1 aliphatic heterocycles. The van der Waals surface area contributed by atoms with Crippen molar-refractivity contribution in [3.05, 3.63) is 16.6 Å². The van der Waals surface area contributed by atoms with E-state index in [-0.39, 0.29) is 19.2 Å². The number of nitrogens with zero attached hydrogens (tertiary/aromatic N) is 1. The zero-order chi connectivity index (χ0) is 16.0. The summed E-state index contributed by atoms with van der Waals surface area (Å²) < 4.78 is 10.4. The van der Waals surface area contributed by atoms with Gasteiger partial charge in [0.2, 0.25) is 0 Å². The van der Waals surface area contributed by atoms with Gasteiger partial charge >= 0.3 is 11.9 Å². The van der Waals surface area contributed by atoms with Crippen LogP contribution < -0.4 is 5.32 Å². The molecule has 0 aromatic carbocycles. The Balaban J connectivity index is 2.34. The van der Waals surface area contributed by atoms with Gasteiger partial charge in [0.15, 0.2) is 0 Å². The van der Waals surface area contributed by atoms with Crippen LogP contribution >= 0.6 is 11.3 Å². The zero-order valence-electron chi connectivity index (χ0n) is 13.0. The van der Waals surface area contributed by atoms with Gasteiger partial charge in [-0.15, -0.1) is 11.3 Å². The number of hydrogen-bond donors (Lipinski definition) is 1. The van der Waals surface area contributed by atoms with Crippen LogP contribution in [0.15, 0.2) is 10.9 Å². The first kappa shape index (κ1) is 16.9. The van der Waals surface area contributed by atoms with E-state index >= 15 is 0 Å². The third-order valence-electron chi connectivity index (χ3n) is 3.89. The molecule has 2 atom stereocenters. The predicted molar refractivity (Wildman–Crippen MR) is 82.5 cm³/mol. The van der Waals surface area contributed by atoms with Crippen LogP contribution in [0.3, 0.4) is 0 Å². The number of thiazole rings is 1. The number of rotatable bonds is 6. The van der Waals surface area contributed by atoms with Crippen molar-refractivity contribution in [1.29, 1.82) is 0 Å². The highest BCUT2D eigenvalue weighted by Crippen LogP contribution is 2.37. The lowest BCUT2D eigenvalue weighted by Crippen LogP contribution is -2.60. The second-order valence-electron chi connectivity index (χ2n) is 5.28. The molecule has 2 heterocycles. The smallest absolute Gasteiger partial charge is 0.324 e. The number of hydrogen-bond acceptors (Lipinski definition) is 7. The van der Waals surface area contributed by atoms with E-state index < -0.39 is 17.4 Å². The highest BCUT2D eigenvalue weighted by Gasteiger charge is 2.52. The zero-order valence-corrected chi connectivity index (χ0v) is 13.8. The Morgan fingerprint density at radius 3 is 2.82 bits per heavy atom. The largest absolute Gasteiger partial charge is 0.465 e. The number of nitrogens with one attached hydrogen (secondary N) is 1. The molecular weight excluding hydrogens is 304 g/mol. The molecule has 7 heteroatoms. The Kier molecular flexibility index (Phi) is 5.90. The minimum Gasteiger partial charge on any atom is -0.465 e. The van der Waals surface area contributed by atoms with Crippen molar-refractivity contribution in [3.8, 4) is 0 Å². The van der Waals surface area contributed by atoms with E-state index in [0.717, 1.165) is 12.1 Å². The molecule has 1 fully saturated rings. The maximum absolute atomic E-state index is 12.7. The van der Waals surface area contributed by atoms with Crippen LogP contribution in [-0.2, 0) is 25.5 Å². The minimum atomic E-state index is -0.950. The quantitative estimate of drug-likeness (QED) is 0.799. The van der Waals surface area contributed by atoms with Crippen LogP contribution in [0.2, 0.25) is 0 Å². The van der Waals surface area contributed by atoms with E-state index in [1.807, 2.05) is 5.38 Å². The number of carbonyl (C=O) groups is 2. The van der Waals surface area contributed by atoms with Crippen molar-refractivity contribution in [2.24, 2.45) is 5.41 Å². The molecule has 0 saturated carbocycles. The summed E-state index contributed by atoms with van der Waals surface area (Å²) in [5, 5.41) is 5.05. The third-order valence-corrected chi connectivity index (χ3v) is 4.52.